The van der Waals surface area contributed by atoms with Crippen LogP contribution in [0.4, 0.5) is 0 Å². The molecule has 0 radical (unpaired) electrons. The Balaban J connectivity index is 1.88. The fourth-order valence-electron chi connectivity index (χ4n) is 2.55. The van der Waals surface area contributed by atoms with E-state index in [1.165, 1.54) is 7.11 Å². The van der Waals surface area contributed by atoms with Crippen LogP contribution in [0.5, 0.6) is 5.75 Å². The third-order valence-electron chi connectivity index (χ3n) is 3.83. The maximum absolute atomic E-state index is 12.0. The molecule has 0 aliphatic carbocycles. The van der Waals surface area contributed by atoms with Crippen LogP contribution in [-0.4, -0.2) is 31.9 Å². The Kier molecular flexibility index (Phi) is 6.49. The van der Waals surface area contributed by atoms with Gasteiger partial charge < -0.3 is 14.8 Å². The summed E-state index contributed by atoms with van der Waals surface area (Å²) in [7, 11) is 1.33. The highest BCUT2D eigenvalue weighted by Crippen LogP contribution is 2.24. The van der Waals surface area contributed by atoms with E-state index in [0.717, 1.165) is 23.0 Å². The fourth-order valence-corrected chi connectivity index (χ4v) is 2.55. The van der Waals surface area contributed by atoms with Crippen molar-refractivity contribution in [3.05, 3.63) is 64.2 Å². The lowest BCUT2D eigenvalue weighted by atomic mass is 10.1. The summed E-state index contributed by atoms with van der Waals surface area (Å²) in [5, 5.41) is 2.76. The number of aldehydes is 1. The van der Waals surface area contributed by atoms with Gasteiger partial charge in [-0.3, -0.25) is 9.59 Å². The Morgan fingerprint density at radius 3 is 2.23 bits per heavy atom. The second kappa shape index (κ2) is 8.80. The van der Waals surface area contributed by atoms with Crippen LogP contribution in [0.2, 0.25) is 0 Å². The van der Waals surface area contributed by atoms with E-state index in [4.69, 9.17) is 4.74 Å². The van der Waals surface area contributed by atoms with Gasteiger partial charge in [0.05, 0.1) is 12.7 Å². The van der Waals surface area contributed by atoms with Crippen molar-refractivity contribution in [2.75, 3.05) is 13.7 Å². The second-order valence-corrected chi connectivity index (χ2v) is 5.86. The smallest absolute Gasteiger partial charge is 0.337 e. The number of esters is 1. The largest absolute Gasteiger partial charge is 0.483 e. The molecule has 6 nitrogen and oxygen atoms in total. The van der Waals surface area contributed by atoms with Crippen molar-refractivity contribution in [1.82, 2.24) is 5.32 Å². The van der Waals surface area contributed by atoms with Gasteiger partial charge in [0.1, 0.15) is 12.0 Å². The molecule has 0 aliphatic heterocycles. The molecule has 0 fully saturated rings. The standard InChI is InChI=1S/C20H21NO5/c1-13-8-16(11-22)9-14(2)19(13)26-12-18(23)21-10-15-4-6-17(7-5-15)20(24)25-3/h4-9,11H,10,12H2,1-3H3,(H,21,23). The minimum Gasteiger partial charge on any atom is -0.483 e. The lowest BCUT2D eigenvalue weighted by molar-refractivity contribution is -0.123. The zero-order valence-corrected chi connectivity index (χ0v) is 15.0. The second-order valence-electron chi connectivity index (χ2n) is 5.86. The summed E-state index contributed by atoms with van der Waals surface area (Å²) in [4.78, 5) is 34.2. The first-order valence-corrected chi connectivity index (χ1v) is 8.07. The molecule has 136 valence electrons. The molecule has 26 heavy (non-hydrogen) atoms. The first-order valence-electron chi connectivity index (χ1n) is 8.07. The van der Waals surface area contributed by atoms with Crippen LogP contribution in [0.1, 0.15) is 37.4 Å². The molecule has 0 aromatic heterocycles. The topological polar surface area (TPSA) is 81.7 Å². The fraction of sp³-hybridized carbons (Fsp3) is 0.250. The molecule has 1 N–H and O–H groups in total. The van der Waals surface area contributed by atoms with Crippen LogP contribution >= 0.6 is 0 Å². The van der Waals surface area contributed by atoms with Crippen LogP contribution in [0.15, 0.2) is 36.4 Å². The summed E-state index contributed by atoms with van der Waals surface area (Å²) in [6.07, 6.45) is 0.780. The number of carbonyl (C=O) groups is 3. The van der Waals surface area contributed by atoms with Crippen molar-refractivity contribution in [3.63, 3.8) is 0 Å². The van der Waals surface area contributed by atoms with Crippen molar-refractivity contribution in [2.24, 2.45) is 0 Å². The van der Waals surface area contributed by atoms with Crippen LogP contribution in [0.3, 0.4) is 0 Å². The number of amides is 1. The number of aryl methyl sites for hydroxylation is 2. The molecule has 0 spiro atoms. The summed E-state index contributed by atoms with van der Waals surface area (Å²) < 4.78 is 10.2. The van der Waals surface area contributed by atoms with Gasteiger partial charge in [-0.05, 0) is 54.8 Å². The van der Waals surface area contributed by atoms with Crippen LogP contribution < -0.4 is 10.1 Å². The van der Waals surface area contributed by atoms with E-state index in [1.54, 1.807) is 36.4 Å². The molecule has 2 aromatic rings. The molecule has 0 aliphatic rings. The molecule has 0 atom stereocenters. The number of hydrogen-bond donors (Lipinski definition) is 1. The van der Waals surface area contributed by atoms with Crippen molar-refractivity contribution >= 4 is 18.2 Å². The van der Waals surface area contributed by atoms with Crippen molar-refractivity contribution < 1.29 is 23.9 Å². The minimum atomic E-state index is -0.402. The first kappa shape index (κ1) is 19.2. The number of methoxy groups -OCH3 is 1. The molecule has 0 heterocycles. The normalized spacial score (nSPS) is 10.1. The average Bonchev–Trinajstić information content (AvgIpc) is 2.65. The Bertz CT molecular complexity index is 788. The van der Waals surface area contributed by atoms with E-state index in [0.29, 0.717) is 23.4 Å². The average molecular weight is 355 g/mol. The van der Waals surface area contributed by atoms with Crippen LogP contribution in [-0.2, 0) is 16.1 Å². The Morgan fingerprint density at radius 1 is 1.08 bits per heavy atom. The summed E-state index contributed by atoms with van der Waals surface area (Å²) in [5.74, 6) is -0.0613. The van der Waals surface area contributed by atoms with Gasteiger partial charge >= 0.3 is 5.97 Å². The molecule has 1 amide bonds. The van der Waals surface area contributed by atoms with Gasteiger partial charge in [-0.25, -0.2) is 4.79 Å². The number of carbonyl (C=O) groups excluding carboxylic acids is 3. The van der Waals surface area contributed by atoms with Gasteiger partial charge in [-0.15, -0.1) is 0 Å². The molecule has 6 heteroatoms. The maximum Gasteiger partial charge on any atom is 0.337 e. The number of ether oxygens (including phenoxy) is 2. The van der Waals surface area contributed by atoms with Crippen molar-refractivity contribution in [1.29, 1.82) is 0 Å². The highest BCUT2D eigenvalue weighted by atomic mass is 16.5. The van der Waals surface area contributed by atoms with Gasteiger partial charge in [0.2, 0.25) is 0 Å². The van der Waals surface area contributed by atoms with E-state index in [1.807, 2.05) is 13.8 Å². The Morgan fingerprint density at radius 2 is 1.69 bits per heavy atom. The van der Waals surface area contributed by atoms with Gasteiger partial charge in [0, 0.05) is 12.1 Å². The maximum atomic E-state index is 12.0. The van der Waals surface area contributed by atoms with Crippen LogP contribution in [0.25, 0.3) is 0 Å². The number of nitrogens with one attached hydrogen (secondary N) is 1. The number of rotatable bonds is 7. The lowest BCUT2D eigenvalue weighted by Crippen LogP contribution is -2.28. The van der Waals surface area contributed by atoms with Crippen molar-refractivity contribution in [2.45, 2.75) is 20.4 Å². The molecule has 0 bridgehead atoms. The third-order valence-corrected chi connectivity index (χ3v) is 3.83. The highest BCUT2D eigenvalue weighted by molar-refractivity contribution is 5.89. The molecule has 0 saturated heterocycles. The molecular formula is C20H21NO5. The van der Waals surface area contributed by atoms with E-state index in [-0.39, 0.29) is 12.5 Å². The summed E-state index contributed by atoms with van der Waals surface area (Å²) in [5.41, 5.74) is 3.49. The Hall–Kier alpha value is -3.15. The van der Waals surface area contributed by atoms with E-state index in [9.17, 15) is 14.4 Å². The predicted octanol–water partition coefficient (Wildman–Crippen LogP) is 2.60. The molecule has 0 saturated carbocycles. The minimum absolute atomic E-state index is 0.123. The quantitative estimate of drug-likeness (QED) is 0.610. The van der Waals surface area contributed by atoms with E-state index < -0.39 is 5.97 Å². The highest BCUT2D eigenvalue weighted by Gasteiger charge is 2.10. The van der Waals surface area contributed by atoms with Gasteiger partial charge in [0.15, 0.2) is 6.61 Å². The Labute approximate surface area is 152 Å². The zero-order chi connectivity index (χ0) is 19.1. The van der Waals surface area contributed by atoms with Crippen molar-refractivity contribution in [3.8, 4) is 5.75 Å². The number of benzene rings is 2. The third kappa shape index (κ3) is 4.92. The number of hydrogen-bond acceptors (Lipinski definition) is 5. The summed E-state index contributed by atoms with van der Waals surface area (Å²) in [6, 6.07) is 10.2. The lowest BCUT2D eigenvalue weighted by Gasteiger charge is -2.13. The summed E-state index contributed by atoms with van der Waals surface area (Å²) >= 11 is 0. The first-order chi connectivity index (χ1) is 12.4. The van der Waals surface area contributed by atoms with Gasteiger partial charge in [-0.1, -0.05) is 12.1 Å². The monoisotopic (exact) mass is 355 g/mol. The van der Waals surface area contributed by atoms with Crippen LogP contribution in [0, 0.1) is 13.8 Å². The molecule has 0 unspecified atom stereocenters. The van der Waals surface area contributed by atoms with E-state index in [2.05, 4.69) is 10.1 Å². The molecule has 2 rings (SSSR count). The van der Waals surface area contributed by atoms with Gasteiger partial charge in [-0.2, -0.15) is 0 Å². The molecule has 2 aromatic carbocycles. The zero-order valence-electron chi connectivity index (χ0n) is 15.0. The van der Waals surface area contributed by atoms with E-state index >= 15 is 0 Å². The molecular weight excluding hydrogens is 334 g/mol. The summed E-state index contributed by atoms with van der Waals surface area (Å²) in [6.45, 7) is 3.86. The van der Waals surface area contributed by atoms with Gasteiger partial charge in [0.25, 0.3) is 5.91 Å². The SMILES string of the molecule is COC(=O)c1ccc(CNC(=O)COc2c(C)cc(C=O)cc2C)cc1. The predicted molar refractivity (Wildman–Crippen MR) is 96.4 cm³/mol.